The molecule has 1 N–H and O–H groups in total. The summed E-state index contributed by atoms with van der Waals surface area (Å²) in [6.07, 6.45) is 7.81. The van der Waals surface area contributed by atoms with Gasteiger partial charge in [0.2, 0.25) is 5.91 Å². The summed E-state index contributed by atoms with van der Waals surface area (Å²) in [5.74, 6) is -0.762. The second kappa shape index (κ2) is 5.29. The number of carbonyl (C=O) groups excluding carboxylic acids is 1. The average Bonchev–Trinajstić information content (AvgIpc) is 2.27. The van der Waals surface area contributed by atoms with Crippen LogP contribution in [0.2, 0.25) is 0 Å². The Kier molecular flexibility index (Phi) is 3.93. The molecule has 0 radical (unpaired) electrons. The van der Waals surface area contributed by atoms with Crippen LogP contribution in [0.4, 0.5) is 0 Å². The van der Waals surface area contributed by atoms with Crippen molar-refractivity contribution in [1.29, 1.82) is 0 Å². The molecule has 0 unspecified atom stereocenters. The third-order valence-electron chi connectivity index (χ3n) is 4.77. The highest BCUT2D eigenvalue weighted by molar-refractivity contribution is 5.85. The van der Waals surface area contributed by atoms with E-state index in [2.05, 4.69) is 0 Å². The lowest BCUT2D eigenvalue weighted by Crippen LogP contribution is -2.45. The summed E-state index contributed by atoms with van der Waals surface area (Å²) in [6.45, 7) is 0. The number of carboxylic acid groups (broad SMARTS) is 1. The van der Waals surface area contributed by atoms with Crippen molar-refractivity contribution in [3.8, 4) is 0 Å². The highest BCUT2D eigenvalue weighted by Crippen LogP contribution is 2.40. The van der Waals surface area contributed by atoms with E-state index in [1.165, 1.54) is 6.42 Å². The molecule has 0 heterocycles. The fourth-order valence-corrected chi connectivity index (χ4v) is 3.09. The standard InChI is InChI=1S/C14H23NO3/c1-15(11-6-5-7-11)12(16)10-14(13(17)18)8-3-2-4-9-14/h11H,2-10H2,1H3,(H,17,18). The van der Waals surface area contributed by atoms with Crippen LogP contribution in [0.1, 0.15) is 57.8 Å². The summed E-state index contributed by atoms with van der Waals surface area (Å²) >= 11 is 0. The number of aliphatic carboxylic acids is 1. The molecule has 0 aromatic rings. The summed E-state index contributed by atoms with van der Waals surface area (Å²) in [6, 6.07) is 0.354. The van der Waals surface area contributed by atoms with Gasteiger partial charge in [0, 0.05) is 19.5 Å². The summed E-state index contributed by atoms with van der Waals surface area (Å²) < 4.78 is 0. The Balaban J connectivity index is 1.99. The molecule has 0 aromatic heterocycles. The number of carboxylic acids is 1. The first-order valence-electron chi connectivity index (χ1n) is 7.04. The molecule has 0 atom stereocenters. The van der Waals surface area contributed by atoms with Crippen LogP contribution >= 0.6 is 0 Å². The Morgan fingerprint density at radius 1 is 1.17 bits per heavy atom. The second-order valence-corrected chi connectivity index (χ2v) is 5.91. The highest BCUT2D eigenvalue weighted by Gasteiger charge is 2.42. The highest BCUT2D eigenvalue weighted by atomic mass is 16.4. The molecular formula is C14H23NO3. The Bertz CT molecular complexity index is 330. The predicted molar refractivity (Wildman–Crippen MR) is 68.2 cm³/mol. The molecule has 2 saturated carbocycles. The number of nitrogens with zero attached hydrogens (tertiary/aromatic N) is 1. The summed E-state index contributed by atoms with van der Waals surface area (Å²) in [5, 5.41) is 9.46. The fraction of sp³-hybridized carbons (Fsp3) is 0.857. The van der Waals surface area contributed by atoms with E-state index < -0.39 is 11.4 Å². The van der Waals surface area contributed by atoms with Gasteiger partial charge in [-0.25, -0.2) is 0 Å². The molecule has 0 saturated heterocycles. The van der Waals surface area contributed by atoms with Crippen LogP contribution in [-0.2, 0) is 9.59 Å². The minimum atomic E-state index is -0.784. The molecule has 1 amide bonds. The van der Waals surface area contributed by atoms with E-state index in [0.29, 0.717) is 18.9 Å². The summed E-state index contributed by atoms with van der Waals surface area (Å²) in [5.41, 5.74) is -0.784. The Labute approximate surface area is 108 Å². The van der Waals surface area contributed by atoms with Gasteiger partial charge in [0.25, 0.3) is 0 Å². The van der Waals surface area contributed by atoms with Gasteiger partial charge in [-0.15, -0.1) is 0 Å². The van der Waals surface area contributed by atoms with E-state index >= 15 is 0 Å². The van der Waals surface area contributed by atoms with E-state index in [4.69, 9.17) is 0 Å². The van der Waals surface area contributed by atoms with Crippen LogP contribution in [0.15, 0.2) is 0 Å². The second-order valence-electron chi connectivity index (χ2n) is 5.91. The summed E-state index contributed by atoms with van der Waals surface area (Å²) in [7, 11) is 1.82. The molecule has 0 bridgehead atoms. The largest absolute Gasteiger partial charge is 0.481 e. The molecule has 18 heavy (non-hydrogen) atoms. The zero-order valence-corrected chi connectivity index (χ0v) is 11.2. The van der Waals surface area contributed by atoms with Gasteiger partial charge in [-0.05, 0) is 32.1 Å². The maximum atomic E-state index is 12.2. The third kappa shape index (κ3) is 2.52. The lowest BCUT2D eigenvalue weighted by molar-refractivity contribution is -0.156. The van der Waals surface area contributed by atoms with E-state index in [9.17, 15) is 14.7 Å². The van der Waals surface area contributed by atoms with Crippen molar-refractivity contribution in [3.63, 3.8) is 0 Å². The molecule has 4 heteroatoms. The van der Waals surface area contributed by atoms with Crippen LogP contribution in [-0.4, -0.2) is 35.0 Å². The summed E-state index contributed by atoms with van der Waals surface area (Å²) in [4.78, 5) is 25.5. The van der Waals surface area contributed by atoms with Crippen molar-refractivity contribution in [2.24, 2.45) is 5.41 Å². The Morgan fingerprint density at radius 2 is 1.78 bits per heavy atom. The van der Waals surface area contributed by atoms with Crippen molar-refractivity contribution in [2.75, 3.05) is 7.05 Å². The number of carbonyl (C=O) groups is 2. The van der Waals surface area contributed by atoms with Crippen molar-refractivity contribution in [3.05, 3.63) is 0 Å². The Morgan fingerprint density at radius 3 is 2.22 bits per heavy atom. The maximum absolute atomic E-state index is 12.2. The van der Waals surface area contributed by atoms with Crippen molar-refractivity contribution in [1.82, 2.24) is 4.90 Å². The molecule has 2 fully saturated rings. The first kappa shape index (κ1) is 13.4. The van der Waals surface area contributed by atoms with Gasteiger partial charge < -0.3 is 10.0 Å². The van der Waals surface area contributed by atoms with Gasteiger partial charge in [0.15, 0.2) is 0 Å². The molecule has 0 aliphatic heterocycles. The SMILES string of the molecule is CN(C(=O)CC1(C(=O)O)CCCCC1)C1CCC1. The normalized spacial score (nSPS) is 23.2. The van der Waals surface area contributed by atoms with E-state index in [-0.39, 0.29) is 12.3 Å². The molecule has 2 rings (SSSR count). The predicted octanol–water partition coefficient (Wildman–Crippen LogP) is 2.42. The topological polar surface area (TPSA) is 57.6 Å². The molecule has 0 aromatic carbocycles. The molecule has 0 spiro atoms. The molecule has 2 aliphatic carbocycles. The van der Waals surface area contributed by atoms with Crippen LogP contribution in [0, 0.1) is 5.41 Å². The molecular weight excluding hydrogens is 230 g/mol. The zero-order valence-electron chi connectivity index (χ0n) is 11.2. The quantitative estimate of drug-likeness (QED) is 0.837. The minimum Gasteiger partial charge on any atom is -0.481 e. The van der Waals surface area contributed by atoms with Crippen LogP contribution in [0.25, 0.3) is 0 Å². The van der Waals surface area contributed by atoms with Gasteiger partial charge in [0.1, 0.15) is 0 Å². The van der Waals surface area contributed by atoms with E-state index in [1.54, 1.807) is 4.90 Å². The fourth-order valence-electron chi connectivity index (χ4n) is 3.09. The number of hydrogen-bond acceptors (Lipinski definition) is 2. The van der Waals surface area contributed by atoms with E-state index in [0.717, 1.165) is 32.1 Å². The zero-order chi connectivity index (χ0) is 13.2. The minimum absolute atomic E-state index is 0.0176. The van der Waals surface area contributed by atoms with Crippen molar-refractivity contribution in [2.45, 2.75) is 63.8 Å². The van der Waals surface area contributed by atoms with Crippen molar-refractivity contribution < 1.29 is 14.7 Å². The first-order valence-corrected chi connectivity index (χ1v) is 7.04. The lowest BCUT2D eigenvalue weighted by atomic mass is 9.71. The van der Waals surface area contributed by atoms with Gasteiger partial charge in [0.05, 0.1) is 5.41 Å². The van der Waals surface area contributed by atoms with Gasteiger partial charge >= 0.3 is 5.97 Å². The molecule has 4 nitrogen and oxygen atoms in total. The third-order valence-corrected chi connectivity index (χ3v) is 4.77. The number of amides is 1. The van der Waals surface area contributed by atoms with E-state index in [1.807, 2.05) is 7.05 Å². The van der Waals surface area contributed by atoms with Gasteiger partial charge in [-0.2, -0.15) is 0 Å². The first-order chi connectivity index (χ1) is 8.55. The number of hydrogen-bond donors (Lipinski definition) is 1. The van der Waals surface area contributed by atoms with Crippen LogP contribution < -0.4 is 0 Å². The number of rotatable bonds is 4. The Hall–Kier alpha value is -1.06. The smallest absolute Gasteiger partial charge is 0.310 e. The monoisotopic (exact) mass is 253 g/mol. The van der Waals surface area contributed by atoms with Crippen LogP contribution in [0.3, 0.4) is 0 Å². The average molecular weight is 253 g/mol. The van der Waals surface area contributed by atoms with Gasteiger partial charge in [-0.3, -0.25) is 9.59 Å². The van der Waals surface area contributed by atoms with Crippen LogP contribution in [0.5, 0.6) is 0 Å². The van der Waals surface area contributed by atoms with Gasteiger partial charge in [-0.1, -0.05) is 19.3 Å². The van der Waals surface area contributed by atoms with Crippen molar-refractivity contribution >= 4 is 11.9 Å². The lowest BCUT2D eigenvalue weighted by Gasteiger charge is -2.38. The molecule has 102 valence electrons. The maximum Gasteiger partial charge on any atom is 0.310 e. The molecule has 2 aliphatic rings.